The fraction of sp³-hybridized carbons (Fsp3) is 0.300. The number of hydrogen-bond acceptors (Lipinski definition) is 3. The minimum Gasteiger partial charge on any atom is -0.326 e. The molecule has 0 aromatic heterocycles. The summed E-state index contributed by atoms with van der Waals surface area (Å²) < 4.78 is 38.4. The molecule has 1 aliphatic heterocycles. The summed E-state index contributed by atoms with van der Waals surface area (Å²) in [4.78, 5) is 24.7. The Bertz CT molecular complexity index is 879. The average Bonchev–Trinajstić information content (AvgIpc) is 2.60. The van der Waals surface area contributed by atoms with Crippen LogP contribution in [0.15, 0.2) is 48.5 Å². The third-order valence-corrected chi connectivity index (χ3v) is 4.77. The first-order valence-electron chi connectivity index (χ1n) is 8.84. The van der Waals surface area contributed by atoms with Crippen LogP contribution in [0.2, 0.25) is 0 Å². The highest BCUT2D eigenvalue weighted by Crippen LogP contribution is 2.30. The number of rotatable bonds is 5. The maximum atomic E-state index is 12.8. The van der Waals surface area contributed by atoms with E-state index in [-0.39, 0.29) is 29.0 Å². The Morgan fingerprint density at radius 3 is 2.29 bits per heavy atom. The average molecular weight is 391 g/mol. The molecule has 1 aliphatic rings. The first kappa shape index (κ1) is 19.9. The number of anilines is 2. The molecule has 2 amide bonds. The van der Waals surface area contributed by atoms with Crippen molar-refractivity contribution in [3.8, 4) is 0 Å². The largest absolute Gasteiger partial charge is 0.416 e. The molecule has 2 aromatic carbocycles. The van der Waals surface area contributed by atoms with Crippen LogP contribution in [0.25, 0.3) is 0 Å². The van der Waals surface area contributed by atoms with Crippen molar-refractivity contribution in [2.45, 2.75) is 13.1 Å². The van der Waals surface area contributed by atoms with Gasteiger partial charge in [0.25, 0.3) is 5.91 Å². The monoisotopic (exact) mass is 391 g/mol. The van der Waals surface area contributed by atoms with Crippen LogP contribution in [0.1, 0.15) is 22.8 Å². The minimum atomic E-state index is -4.49. The topological polar surface area (TPSA) is 70.2 Å². The third-order valence-electron chi connectivity index (χ3n) is 4.77. The molecule has 0 saturated carbocycles. The van der Waals surface area contributed by atoms with Crippen molar-refractivity contribution in [1.82, 2.24) is 5.32 Å². The molecule has 2 aromatic rings. The van der Waals surface area contributed by atoms with E-state index in [1.54, 1.807) is 12.1 Å². The van der Waals surface area contributed by atoms with Crippen LogP contribution in [0, 0.1) is 11.8 Å². The summed E-state index contributed by atoms with van der Waals surface area (Å²) >= 11 is 0. The zero-order chi connectivity index (χ0) is 20.3. The molecule has 148 valence electrons. The molecule has 0 aliphatic carbocycles. The van der Waals surface area contributed by atoms with Gasteiger partial charge in [-0.1, -0.05) is 19.1 Å². The number of hydrogen-bond donors (Lipinski definition) is 3. The van der Waals surface area contributed by atoms with Gasteiger partial charge in [0.15, 0.2) is 0 Å². The Morgan fingerprint density at radius 2 is 1.68 bits per heavy atom. The molecule has 3 rings (SSSR count). The molecular formula is C20H20F3N3O2. The summed E-state index contributed by atoms with van der Waals surface area (Å²) in [6.07, 6.45) is -4.49. The van der Waals surface area contributed by atoms with Gasteiger partial charge in [-0.2, -0.15) is 13.2 Å². The van der Waals surface area contributed by atoms with Crippen molar-refractivity contribution in [3.05, 3.63) is 59.7 Å². The Labute approximate surface area is 160 Å². The molecule has 3 N–H and O–H groups in total. The van der Waals surface area contributed by atoms with Crippen LogP contribution < -0.4 is 16.0 Å². The molecule has 0 bridgehead atoms. The van der Waals surface area contributed by atoms with Gasteiger partial charge in [0.2, 0.25) is 5.91 Å². The normalized spacial score (nSPS) is 15.4. The summed E-state index contributed by atoms with van der Waals surface area (Å²) in [6, 6.07) is 10.7. The first-order valence-corrected chi connectivity index (χ1v) is 8.84. The zero-order valence-corrected chi connectivity index (χ0v) is 15.1. The lowest BCUT2D eigenvalue weighted by Crippen LogP contribution is -2.48. The number of nitrogens with one attached hydrogen (secondary N) is 3. The second kappa shape index (κ2) is 8.02. The lowest BCUT2D eigenvalue weighted by atomic mass is 9.88. The lowest BCUT2D eigenvalue weighted by Gasteiger charge is -2.31. The fourth-order valence-corrected chi connectivity index (χ4v) is 2.85. The maximum absolute atomic E-state index is 12.8. The summed E-state index contributed by atoms with van der Waals surface area (Å²) in [7, 11) is 0. The molecule has 1 heterocycles. The van der Waals surface area contributed by atoms with E-state index in [0.717, 1.165) is 25.2 Å². The molecule has 8 heteroatoms. The number of alkyl halides is 3. The van der Waals surface area contributed by atoms with Gasteiger partial charge < -0.3 is 16.0 Å². The van der Waals surface area contributed by atoms with Crippen LogP contribution in [0.3, 0.4) is 0 Å². The predicted octanol–water partition coefficient (Wildman–Crippen LogP) is 3.75. The van der Waals surface area contributed by atoms with Crippen LogP contribution in [0.4, 0.5) is 24.5 Å². The van der Waals surface area contributed by atoms with Gasteiger partial charge in [0, 0.05) is 22.9 Å². The Kier molecular flexibility index (Phi) is 5.69. The summed E-state index contributed by atoms with van der Waals surface area (Å²) in [5.41, 5.74) is -0.111. The second-order valence-electron chi connectivity index (χ2n) is 6.81. The van der Waals surface area contributed by atoms with E-state index in [1.807, 2.05) is 6.92 Å². The molecule has 28 heavy (non-hydrogen) atoms. The van der Waals surface area contributed by atoms with E-state index in [1.165, 1.54) is 24.3 Å². The number of carbonyl (C=O) groups is 2. The van der Waals surface area contributed by atoms with Gasteiger partial charge in [0.05, 0.1) is 5.56 Å². The van der Waals surface area contributed by atoms with E-state index < -0.39 is 17.6 Å². The van der Waals surface area contributed by atoms with Crippen LogP contribution >= 0.6 is 0 Å². The minimum absolute atomic E-state index is 0.0420. The van der Waals surface area contributed by atoms with Crippen molar-refractivity contribution in [2.24, 2.45) is 11.8 Å². The standard InChI is InChI=1S/C20H20F3N3O2/c1-12(14-10-24-11-14)18(27)25-16-6-2-4-13(8-16)19(28)26-17-7-3-5-15(9-17)20(21,22)23/h2-9,12,14,24H,10-11H2,1H3,(H,25,27)(H,26,28). The first-order chi connectivity index (χ1) is 13.2. The predicted molar refractivity (Wildman–Crippen MR) is 100.0 cm³/mol. The molecule has 5 nitrogen and oxygen atoms in total. The number of benzene rings is 2. The quantitative estimate of drug-likeness (QED) is 0.727. The van der Waals surface area contributed by atoms with Crippen molar-refractivity contribution in [3.63, 3.8) is 0 Å². The fourth-order valence-electron chi connectivity index (χ4n) is 2.85. The molecule has 1 unspecified atom stereocenters. The van der Waals surface area contributed by atoms with Gasteiger partial charge in [-0.15, -0.1) is 0 Å². The van der Waals surface area contributed by atoms with Crippen molar-refractivity contribution < 1.29 is 22.8 Å². The summed E-state index contributed by atoms with van der Waals surface area (Å²) in [5.74, 6) is -0.579. The Balaban J connectivity index is 1.68. The molecular weight excluding hydrogens is 371 g/mol. The SMILES string of the molecule is CC(C(=O)Nc1cccc(C(=O)Nc2cccc(C(F)(F)F)c2)c1)C1CNC1. The Hall–Kier alpha value is -2.87. The van der Waals surface area contributed by atoms with Gasteiger partial charge in [-0.3, -0.25) is 9.59 Å². The van der Waals surface area contributed by atoms with Gasteiger partial charge in [0.1, 0.15) is 0 Å². The molecule has 1 atom stereocenters. The highest BCUT2D eigenvalue weighted by Gasteiger charge is 2.30. The van der Waals surface area contributed by atoms with Crippen LogP contribution in [0.5, 0.6) is 0 Å². The zero-order valence-electron chi connectivity index (χ0n) is 15.1. The summed E-state index contributed by atoms with van der Waals surface area (Å²) in [6.45, 7) is 3.45. The van der Waals surface area contributed by atoms with E-state index in [4.69, 9.17) is 0 Å². The van der Waals surface area contributed by atoms with Gasteiger partial charge in [-0.25, -0.2) is 0 Å². The third kappa shape index (κ3) is 4.69. The van der Waals surface area contributed by atoms with Crippen LogP contribution in [-0.4, -0.2) is 24.9 Å². The van der Waals surface area contributed by atoms with Gasteiger partial charge >= 0.3 is 6.18 Å². The van der Waals surface area contributed by atoms with Gasteiger partial charge in [-0.05, 0) is 55.4 Å². The van der Waals surface area contributed by atoms with Crippen molar-refractivity contribution in [2.75, 3.05) is 23.7 Å². The van der Waals surface area contributed by atoms with E-state index in [9.17, 15) is 22.8 Å². The van der Waals surface area contributed by atoms with E-state index in [0.29, 0.717) is 5.69 Å². The highest BCUT2D eigenvalue weighted by molar-refractivity contribution is 6.05. The molecule has 0 spiro atoms. The molecule has 1 fully saturated rings. The summed E-state index contributed by atoms with van der Waals surface area (Å²) in [5, 5.41) is 8.35. The number of halogens is 3. The smallest absolute Gasteiger partial charge is 0.326 e. The number of carbonyl (C=O) groups excluding carboxylic acids is 2. The van der Waals surface area contributed by atoms with Crippen LogP contribution in [-0.2, 0) is 11.0 Å². The molecule has 0 radical (unpaired) electrons. The van der Waals surface area contributed by atoms with Crippen molar-refractivity contribution >= 4 is 23.2 Å². The second-order valence-corrected chi connectivity index (χ2v) is 6.81. The van der Waals surface area contributed by atoms with Crippen molar-refractivity contribution in [1.29, 1.82) is 0 Å². The van der Waals surface area contributed by atoms with E-state index >= 15 is 0 Å². The number of amides is 2. The molecule has 1 saturated heterocycles. The van der Waals surface area contributed by atoms with E-state index in [2.05, 4.69) is 16.0 Å². The Morgan fingerprint density at radius 1 is 1.04 bits per heavy atom. The maximum Gasteiger partial charge on any atom is 0.416 e. The lowest BCUT2D eigenvalue weighted by molar-refractivity contribution is -0.137. The highest BCUT2D eigenvalue weighted by atomic mass is 19.4.